The number of fused-ring (bicyclic) bond motifs is 6. The van der Waals surface area contributed by atoms with E-state index in [1.165, 1.54) is 32.6 Å². The van der Waals surface area contributed by atoms with Crippen LogP contribution in [0.4, 0.5) is 0 Å². The fourth-order valence-electron chi connectivity index (χ4n) is 5.64. The van der Waals surface area contributed by atoms with E-state index in [9.17, 15) is 0 Å². The van der Waals surface area contributed by atoms with E-state index in [1.807, 2.05) is 54.7 Å². The molecule has 0 aliphatic heterocycles. The van der Waals surface area contributed by atoms with Crippen molar-refractivity contribution >= 4 is 52.6 Å². The molecule has 8 rings (SSSR count). The van der Waals surface area contributed by atoms with E-state index < -0.39 is 8.96 Å². The van der Waals surface area contributed by atoms with Gasteiger partial charge in [0, 0.05) is 65.5 Å². The molecule has 0 aliphatic rings. The SMILES string of the molecule is C[Si](C)n1c2ccccc2c2cc[c-]c(-c3nccc4c3[nH]c3ccccc34)c21.[Ir].[c-]1ccccc1-c1ccccn1. The van der Waals surface area contributed by atoms with Crippen LogP contribution in [0.15, 0.2) is 122 Å². The molecule has 1 N–H and O–H groups in total. The molecule has 8 aromatic rings. The molecule has 2 radical (unpaired) electrons. The summed E-state index contributed by atoms with van der Waals surface area (Å²) >= 11 is 0. The Morgan fingerprint density at radius 1 is 0.667 bits per heavy atom. The molecule has 4 nitrogen and oxygen atoms in total. The predicted molar refractivity (Wildman–Crippen MR) is 172 cm³/mol. The third-order valence-corrected chi connectivity index (χ3v) is 8.75. The number of aromatic amines is 1. The molecule has 206 valence electrons. The number of rotatable bonds is 3. The second-order valence-electron chi connectivity index (χ2n) is 10.2. The average Bonchev–Trinajstić information content (AvgIpc) is 3.59. The molecule has 4 heterocycles. The minimum absolute atomic E-state index is 0. The summed E-state index contributed by atoms with van der Waals surface area (Å²) in [5.41, 5.74) is 8.81. The standard InChI is InChI=1S/C25H19N3Si.C11H8N.Ir/c1-29(2)28-22-13-6-4-9-17(22)19-10-7-11-20(25(19)28)23-24-18(14-15-26-23)16-8-3-5-12-21(16)27-24;1-2-6-10(7-3-1)11-8-4-5-9-12-11;/h3-10,12-15,27H,1-2H3;1-6,8-9H;/q2*-1;. The molecule has 0 unspecified atom stereocenters. The van der Waals surface area contributed by atoms with Crippen molar-refractivity contribution in [3.8, 4) is 22.5 Å². The number of aromatic nitrogens is 4. The Kier molecular flexibility index (Phi) is 7.85. The Balaban J connectivity index is 0.000000205. The van der Waals surface area contributed by atoms with Crippen molar-refractivity contribution in [2.75, 3.05) is 0 Å². The summed E-state index contributed by atoms with van der Waals surface area (Å²) in [6.45, 7) is 4.68. The first-order valence-electron chi connectivity index (χ1n) is 13.7. The largest absolute Gasteiger partial charge is 0.408 e. The van der Waals surface area contributed by atoms with Crippen LogP contribution < -0.4 is 0 Å². The quantitative estimate of drug-likeness (QED) is 0.146. The summed E-state index contributed by atoms with van der Waals surface area (Å²) in [6.07, 6.45) is 3.71. The molecule has 0 saturated heterocycles. The fourth-order valence-corrected chi connectivity index (χ4v) is 7.00. The molecule has 0 aliphatic carbocycles. The molecule has 0 amide bonds. The van der Waals surface area contributed by atoms with E-state index in [2.05, 4.69) is 100 Å². The van der Waals surface area contributed by atoms with Crippen molar-refractivity contribution in [3.63, 3.8) is 0 Å². The van der Waals surface area contributed by atoms with Gasteiger partial charge in [0.05, 0.1) is 0 Å². The van der Waals surface area contributed by atoms with Crippen LogP contribution in [-0.2, 0) is 20.1 Å². The number of pyridine rings is 2. The smallest absolute Gasteiger partial charge is 0.158 e. The van der Waals surface area contributed by atoms with Crippen LogP contribution in [0.25, 0.3) is 66.1 Å². The molecule has 0 spiro atoms. The maximum atomic E-state index is 4.83. The summed E-state index contributed by atoms with van der Waals surface area (Å²) < 4.78 is 2.52. The second-order valence-corrected chi connectivity index (χ2v) is 12.5. The number of H-pyrrole nitrogens is 1. The van der Waals surface area contributed by atoms with Gasteiger partial charge in [0.2, 0.25) is 0 Å². The van der Waals surface area contributed by atoms with E-state index in [0.717, 1.165) is 33.5 Å². The summed E-state index contributed by atoms with van der Waals surface area (Å²) in [5.74, 6) is 0. The second kappa shape index (κ2) is 11.9. The number of para-hydroxylation sites is 2. The van der Waals surface area contributed by atoms with Crippen LogP contribution in [0.2, 0.25) is 13.1 Å². The average molecular weight is 736 g/mol. The molecule has 4 aromatic heterocycles. The van der Waals surface area contributed by atoms with Gasteiger partial charge in [0.1, 0.15) is 0 Å². The van der Waals surface area contributed by atoms with Crippen molar-refractivity contribution in [1.82, 2.24) is 19.2 Å². The third-order valence-electron chi connectivity index (χ3n) is 7.39. The van der Waals surface area contributed by atoms with Gasteiger partial charge in [-0.3, -0.25) is 0 Å². The normalized spacial score (nSPS) is 11.1. The Bertz CT molecular complexity index is 2100. The third kappa shape index (κ3) is 4.88. The van der Waals surface area contributed by atoms with Crippen LogP contribution in [0.1, 0.15) is 0 Å². The van der Waals surface area contributed by atoms with Crippen LogP contribution in [-0.4, -0.2) is 28.1 Å². The van der Waals surface area contributed by atoms with Gasteiger partial charge in [-0.25, -0.2) is 0 Å². The summed E-state index contributed by atoms with van der Waals surface area (Å²) in [5, 5.41) is 5.01. The zero-order valence-corrected chi connectivity index (χ0v) is 26.6. The Hall–Kier alpha value is -4.35. The van der Waals surface area contributed by atoms with Crippen molar-refractivity contribution in [2.24, 2.45) is 0 Å². The zero-order valence-electron chi connectivity index (χ0n) is 23.2. The Morgan fingerprint density at radius 2 is 1.45 bits per heavy atom. The van der Waals surface area contributed by atoms with Crippen molar-refractivity contribution in [1.29, 1.82) is 0 Å². The molecule has 6 heteroatoms. The van der Waals surface area contributed by atoms with E-state index in [-0.39, 0.29) is 20.1 Å². The molecule has 42 heavy (non-hydrogen) atoms. The van der Waals surface area contributed by atoms with Crippen molar-refractivity contribution in [3.05, 3.63) is 134 Å². The number of hydrogen-bond donors (Lipinski definition) is 1. The first-order valence-corrected chi connectivity index (χ1v) is 16.1. The summed E-state index contributed by atoms with van der Waals surface area (Å²) in [7, 11) is -0.767. The monoisotopic (exact) mass is 736 g/mol. The van der Waals surface area contributed by atoms with Gasteiger partial charge >= 0.3 is 0 Å². The summed E-state index contributed by atoms with van der Waals surface area (Å²) in [4.78, 5) is 12.7. The van der Waals surface area contributed by atoms with Crippen molar-refractivity contribution in [2.45, 2.75) is 13.1 Å². The van der Waals surface area contributed by atoms with E-state index in [1.54, 1.807) is 6.20 Å². The summed E-state index contributed by atoms with van der Waals surface area (Å²) in [6, 6.07) is 43.8. The molecule has 0 bridgehead atoms. The Morgan fingerprint density at radius 3 is 2.24 bits per heavy atom. The number of nitrogens with one attached hydrogen (secondary N) is 1. The molecule has 4 aromatic carbocycles. The number of nitrogens with zero attached hydrogens (tertiary/aromatic N) is 3. The number of hydrogen-bond acceptors (Lipinski definition) is 2. The topological polar surface area (TPSA) is 46.5 Å². The van der Waals surface area contributed by atoms with E-state index in [4.69, 9.17) is 4.98 Å². The zero-order chi connectivity index (χ0) is 27.8. The van der Waals surface area contributed by atoms with E-state index >= 15 is 0 Å². The van der Waals surface area contributed by atoms with Crippen LogP contribution in [0.3, 0.4) is 0 Å². The van der Waals surface area contributed by atoms with Gasteiger partial charge in [-0.15, -0.1) is 54.1 Å². The van der Waals surface area contributed by atoms with E-state index in [0.29, 0.717) is 0 Å². The number of benzene rings is 4. The van der Waals surface area contributed by atoms with Crippen LogP contribution >= 0.6 is 0 Å². The van der Waals surface area contributed by atoms with Gasteiger partial charge in [-0.2, -0.15) is 0 Å². The molecular formula is C36H27IrN4Si-2. The van der Waals surface area contributed by atoms with Gasteiger partial charge in [0.25, 0.3) is 0 Å². The first-order chi connectivity index (χ1) is 20.2. The van der Waals surface area contributed by atoms with Crippen LogP contribution in [0.5, 0.6) is 0 Å². The molecular weight excluding hydrogens is 709 g/mol. The van der Waals surface area contributed by atoms with Gasteiger partial charge in [0.15, 0.2) is 8.96 Å². The predicted octanol–water partition coefficient (Wildman–Crippen LogP) is 8.94. The Labute approximate surface area is 260 Å². The molecule has 0 fully saturated rings. The molecule has 0 atom stereocenters. The molecule has 0 saturated carbocycles. The maximum Gasteiger partial charge on any atom is 0.158 e. The fraction of sp³-hybridized carbons (Fsp3) is 0.0556. The van der Waals surface area contributed by atoms with Gasteiger partial charge < -0.3 is 19.2 Å². The first kappa shape index (κ1) is 27.8. The minimum atomic E-state index is -0.767. The van der Waals surface area contributed by atoms with Crippen molar-refractivity contribution < 1.29 is 20.1 Å². The maximum absolute atomic E-state index is 4.83. The van der Waals surface area contributed by atoms with Gasteiger partial charge in [-0.1, -0.05) is 72.6 Å². The van der Waals surface area contributed by atoms with Gasteiger partial charge in [-0.05, 0) is 40.9 Å². The van der Waals surface area contributed by atoms with Crippen LogP contribution in [0, 0.1) is 12.1 Å². The minimum Gasteiger partial charge on any atom is -0.408 e.